The van der Waals surface area contributed by atoms with Gasteiger partial charge < -0.3 is 10.5 Å². The van der Waals surface area contributed by atoms with Crippen LogP contribution in [-0.4, -0.2) is 32.9 Å². The lowest BCUT2D eigenvalue weighted by Crippen LogP contribution is -2.08. The minimum absolute atomic E-state index is 0.217. The third-order valence-electron chi connectivity index (χ3n) is 3.64. The van der Waals surface area contributed by atoms with E-state index in [4.69, 9.17) is 10.5 Å². The standard InChI is InChI=1S/C16H19N5OS/c1-9(2)13-12(10-5-7-11(22-3)8-6-10)14(17)21-15(18-13)19-16(20-21)23-4/h5-9H,17H2,1-4H3. The average Bonchev–Trinajstić information content (AvgIpc) is 2.98. The topological polar surface area (TPSA) is 78.3 Å². The van der Waals surface area contributed by atoms with Crippen LogP contribution in [-0.2, 0) is 0 Å². The number of hydrogen-bond acceptors (Lipinski definition) is 6. The van der Waals surface area contributed by atoms with Gasteiger partial charge >= 0.3 is 0 Å². The molecule has 23 heavy (non-hydrogen) atoms. The van der Waals surface area contributed by atoms with Gasteiger partial charge in [-0.05, 0) is 29.9 Å². The van der Waals surface area contributed by atoms with Crippen LogP contribution in [0.4, 0.5) is 5.82 Å². The lowest BCUT2D eigenvalue weighted by molar-refractivity contribution is 0.415. The van der Waals surface area contributed by atoms with Crippen LogP contribution in [0.1, 0.15) is 25.5 Å². The summed E-state index contributed by atoms with van der Waals surface area (Å²) in [6, 6.07) is 7.79. The van der Waals surface area contributed by atoms with E-state index in [9.17, 15) is 0 Å². The van der Waals surface area contributed by atoms with E-state index in [-0.39, 0.29) is 5.92 Å². The molecular weight excluding hydrogens is 310 g/mol. The van der Waals surface area contributed by atoms with Gasteiger partial charge in [-0.3, -0.25) is 0 Å². The molecule has 2 N–H and O–H groups in total. The first kappa shape index (κ1) is 15.6. The van der Waals surface area contributed by atoms with Gasteiger partial charge in [-0.2, -0.15) is 9.50 Å². The summed E-state index contributed by atoms with van der Waals surface area (Å²) in [6.07, 6.45) is 1.93. The van der Waals surface area contributed by atoms with Gasteiger partial charge in [-0.15, -0.1) is 5.10 Å². The van der Waals surface area contributed by atoms with Crippen LogP contribution < -0.4 is 10.5 Å². The Labute approximate surface area is 139 Å². The number of nitrogen functional groups attached to an aromatic ring is 1. The first-order valence-corrected chi connectivity index (χ1v) is 8.52. The van der Waals surface area contributed by atoms with Gasteiger partial charge in [0.2, 0.25) is 5.16 Å². The quantitative estimate of drug-likeness (QED) is 0.740. The molecule has 0 aliphatic carbocycles. The molecule has 0 unspecified atom stereocenters. The van der Waals surface area contributed by atoms with Crippen LogP contribution in [0.15, 0.2) is 29.4 Å². The first-order chi connectivity index (χ1) is 11.0. The Hall–Kier alpha value is -2.28. The number of benzene rings is 1. The van der Waals surface area contributed by atoms with E-state index in [1.54, 1.807) is 11.6 Å². The summed E-state index contributed by atoms with van der Waals surface area (Å²) in [5.41, 5.74) is 9.21. The molecule has 0 saturated carbocycles. The van der Waals surface area contributed by atoms with Crippen molar-refractivity contribution < 1.29 is 4.74 Å². The molecule has 0 fully saturated rings. The second kappa shape index (κ2) is 6.08. The Morgan fingerprint density at radius 1 is 1.17 bits per heavy atom. The van der Waals surface area contributed by atoms with Gasteiger partial charge in [0, 0.05) is 5.56 Å². The van der Waals surface area contributed by atoms with Gasteiger partial charge in [0.1, 0.15) is 11.6 Å². The molecule has 0 saturated heterocycles. The molecule has 1 aromatic carbocycles. The normalized spacial score (nSPS) is 11.3. The maximum absolute atomic E-state index is 6.41. The van der Waals surface area contributed by atoms with E-state index in [1.807, 2.05) is 30.5 Å². The van der Waals surface area contributed by atoms with Crippen molar-refractivity contribution in [2.24, 2.45) is 0 Å². The first-order valence-electron chi connectivity index (χ1n) is 7.29. The van der Waals surface area contributed by atoms with Gasteiger partial charge in [0.05, 0.1) is 12.8 Å². The Morgan fingerprint density at radius 2 is 1.87 bits per heavy atom. The van der Waals surface area contributed by atoms with Crippen molar-refractivity contribution in [1.29, 1.82) is 0 Å². The number of rotatable bonds is 4. The second-order valence-electron chi connectivity index (χ2n) is 5.45. The van der Waals surface area contributed by atoms with Gasteiger partial charge in [0.15, 0.2) is 0 Å². The highest BCUT2D eigenvalue weighted by molar-refractivity contribution is 7.98. The van der Waals surface area contributed by atoms with E-state index in [0.29, 0.717) is 16.8 Å². The fourth-order valence-corrected chi connectivity index (χ4v) is 2.81. The number of thioether (sulfide) groups is 1. The van der Waals surface area contributed by atoms with E-state index < -0.39 is 0 Å². The van der Waals surface area contributed by atoms with Crippen molar-refractivity contribution in [3.05, 3.63) is 30.0 Å². The van der Waals surface area contributed by atoms with Crippen LogP contribution in [0.3, 0.4) is 0 Å². The predicted molar refractivity (Wildman–Crippen MR) is 93.1 cm³/mol. The highest BCUT2D eigenvalue weighted by atomic mass is 32.2. The fourth-order valence-electron chi connectivity index (χ4n) is 2.48. The number of hydrogen-bond donors (Lipinski definition) is 1. The molecule has 0 aliphatic heterocycles. The molecule has 0 amide bonds. The molecule has 7 heteroatoms. The highest BCUT2D eigenvalue weighted by Crippen LogP contribution is 2.34. The number of fused-ring (bicyclic) bond motifs is 1. The van der Waals surface area contributed by atoms with Crippen molar-refractivity contribution in [2.75, 3.05) is 19.1 Å². The fraction of sp³-hybridized carbons (Fsp3) is 0.312. The number of aromatic nitrogens is 4. The highest BCUT2D eigenvalue weighted by Gasteiger charge is 2.19. The van der Waals surface area contributed by atoms with Gasteiger partial charge in [-0.1, -0.05) is 37.7 Å². The predicted octanol–water partition coefficient (Wildman–Crippen LogP) is 3.23. The second-order valence-corrected chi connectivity index (χ2v) is 6.22. The molecule has 6 nitrogen and oxygen atoms in total. The maximum atomic E-state index is 6.41. The Bertz CT molecular complexity index is 842. The molecule has 0 spiro atoms. The lowest BCUT2D eigenvalue weighted by Gasteiger charge is -2.15. The van der Waals surface area contributed by atoms with Gasteiger partial charge in [0.25, 0.3) is 5.78 Å². The van der Waals surface area contributed by atoms with E-state index in [1.165, 1.54) is 11.8 Å². The zero-order valence-corrected chi connectivity index (χ0v) is 14.4. The minimum Gasteiger partial charge on any atom is -0.497 e. The zero-order valence-electron chi connectivity index (χ0n) is 13.6. The van der Waals surface area contributed by atoms with E-state index in [0.717, 1.165) is 22.6 Å². The number of anilines is 1. The molecule has 120 valence electrons. The largest absolute Gasteiger partial charge is 0.497 e. The SMILES string of the molecule is COc1ccc(-c2c(C(C)C)nc3nc(SC)nn3c2N)cc1. The molecule has 0 radical (unpaired) electrons. The zero-order chi connectivity index (χ0) is 16.6. The van der Waals surface area contributed by atoms with Crippen molar-refractivity contribution in [3.8, 4) is 16.9 Å². The summed E-state index contributed by atoms with van der Waals surface area (Å²) in [5, 5.41) is 5.07. The molecular formula is C16H19N5OS. The van der Waals surface area contributed by atoms with Crippen molar-refractivity contribution in [3.63, 3.8) is 0 Å². The van der Waals surface area contributed by atoms with Gasteiger partial charge in [-0.25, -0.2) is 4.98 Å². The number of ether oxygens (including phenoxy) is 1. The summed E-state index contributed by atoms with van der Waals surface area (Å²) < 4.78 is 6.83. The maximum Gasteiger partial charge on any atom is 0.255 e. The molecule has 3 rings (SSSR count). The number of methoxy groups -OCH3 is 1. The summed E-state index contributed by atoms with van der Waals surface area (Å²) >= 11 is 1.47. The van der Waals surface area contributed by atoms with Crippen LogP contribution in [0.25, 0.3) is 16.9 Å². The van der Waals surface area contributed by atoms with Crippen LogP contribution in [0.5, 0.6) is 5.75 Å². The summed E-state index contributed by atoms with van der Waals surface area (Å²) in [7, 11) is 1.65. The van der Waals surface area contributed by atoms with Crippen LogP contribution in [0, 0.1) is 0 Å². The van der Waals surface area contributed by atoms with Crippen molar-refractivity contribution in [2.45, 2.75) is 24.9 Å². The smallest absolute Gasteiger partial charge is 0.255 e. The van der Waals surface area contributed by atoms with Crippen molar-refractivity contribution in [1.82, 2.24) is 19.6 Å². The number of nitrogens with zero attached hydrogens (tertiary/aromatic N) is 4. The minimum atomic E-state index is 0.217. The summed E-state index contributed by atoms with van der Waals surface area (Å²) in [6.45, 7) is 4.19. The summed E-state index contributed by atoms with van der Waals surface area (Å²) in [4.78, 5) is 9.09. The Balaban J connectivity index is 2.27. The summed E-state index contributed by atoms with van der Waals surface area (Å²) in [5.74, 6) is 2.11. The third-order valence-corrected chi connectivity index (χ3v) is 4.18. The molecule has 3 aromatic rings. The monoisotopic (exact) mass is 329 g/mol. The third kappa shape index (κ3) is 2.72. The average molecular weight is 329 g/mol. The molecule has 2 heterocycles. The lowest BCUT2D eigenvalue weighted by atomic mass is 9.98. The van der Waals surface area contributed by atoms with Crippen LogP contribution >= 0.6 is 11.8 Å². The molecule has 0 aliphatic rings. The molecule has 0 atom stereocenters. The van der Waals surface area contributed by atoms with Crippen molar-refractivity contribution >= 4 is 23.4 Å². The Kier molecular flexibility index (Phi) is 4.12. The van der Waals surface area contributed by atoms with E-state index in [2.05, 4.69) is 28.9 Å². The van der Waals surface area contributed by atoms with Crippen LogP contribution in [0.2, 0.25) is 0 Å². The van der Waals surface area contributed by atoms with E-state index >= 15 is 0 Å². The Morgan fingerprint density at radius 3 is 2.43 bits per heavy atom. The number of nitrogens with two attached hydrogens (primary N) is 1. The molecule has 0 bridgehead atoms. The molecule has 2 aromatic heterocycles.